The zero-order valence-electron chi connectivity index (χ0n) is 17.6. The van der Waals surface area contributed by atoms with E-state index in [-0.39, 0.29) is 15.7 Å². The van der Waals surface area contributed by atoms with Gasteiger partial charge in [0.25, 0.3) is 11.8 Å². The molecule has 2 aromatic carbocycles. The minimum atomic E-state index is -0.554. The number of carbonyl (C=O) groups is 2. The molecule has 8 heteroatoms. The smallest absolute Gasteiger partial charge is 0.270 e. The van der Waals surface area contributed by atoms with Crippen LogP contribution >= 0.6 is 35.4 Å². The van der Waals surface area contributed by atoms with Crippen molar-refractivity contribution < 1.29 is 9.59 Å². The average Bonchev–Trinajstić information content (AvgIpc) is 3.00. The maximum absolute atomic E-state index is 13.3. The molecule has 32 heavy (non-hydrogen) atoms. The first-order chi connectivity index (χ1) is 15.2. The summed E-state index contributed by atoms with van der Waals surface area (Å²) >= 11 is 17.5. The van der Waals surface area contributed by atoms with E-state index >= 15 is 0 Å². The summed E-state index contributed by atoms with van der Waals surface area (Å²) in [4.78, 5) is 27.2. The summed E-state index contributed by atoms with van der Waals surface area (Å²) in [6.07, 6.45) is 1.59. The van der Waals surface area contributed by atoms with E-state index in [4.69, 9.17) is 35.4 Å². The molecular weight excluding hydrogens is 465 g/mol. The topological polar surface area (TPSA) is 54.3 Å². The average molecular weight is 484 g/mol. The fraction of sp³-hybridized carbons (Fsp3) is 0.125. The van der Waals surface area contributed by atoms with E-state index < -0.39 is 11.8 Å². The lowest BCUT2D eigenvalue weighted by Crippen LogP contribution is -2.54. The van der Waals surface area contributed by atoms with Crippen LogP contribution in [0.2, 0.25) is 10.0 Å². The highest BCUT2D eigenvalue weighted by molar-refractivity contribution is 7.80. The molecule has 162 valence electrons. The number of hydrogen-bond donors (Lipinski definition) is 1. The fourth-order valence-corrected chi connectivity index (χ4v) is 4.49. The Morgan fingerprint density at radius 1 is 0.969 bits per heavy atom. The molecule has 3 aromatic rings. The van der Waals surface area contributed by atoms with Gasteiger partial charge in [0.15, 0.2) is 5.11 Å². The van der Waals surface area contributed by atoms with Crippen LogP contribution in [0.15, 0.2) is 54.1 Å². The number of amides is 2. The Morgan fingerprint density at radius 2 is 1.66 bits per heavy atom. The third-order valence-electron chi connectivity index (χ3n) is 5.31. The first-order valence-electron chi connectivity index (χ1n) is 9.80. The molecule has 0 atom stereocenters. The van der Waals surface area contributed by atoms with Crippen molar-refractivity contribution in [3.63, 3.8) is 0 Å². The summed E-state index contributed by atoms with van der Waals surface area (Å²) in [5.74, 6) is -1.11. The van der Waals surface area contributed by atoms with Crippen LogP contribution in [0, 0.1) is 20.8 Å². The molecule has 0 saturated carbocycles. The van der Waals surface area contributed by atoms with Gasteiger partial charge in [-0.15, -0.1) is 0 Å². The summed E-state index contributed by atoms with van der Waals surface area (Å²) in [7, 11) is 0. The summed E-state index contributed by atoms with van der Waals surface area (Å²) in [5.41, 5.74) is 5.14. The SMILES string of the molecule is Cc1ccc(-n2c(C)cc(/C=C3\C(=O)NC(=S)N(c4ccc(Cl)cc4Cl)C3=O)c2C)cc1. The molecule has 1 aliphatic rings. The van der Waals surface area contributed by atoms with Gasteiger partial charge in [-0.2, -0.15) is 0 Å². The number of halogens is 2. The second kappa shape index (κ2) is 8.54. The highest BCUT2D eigenvalue weighted by atomic mass is 35.5. The Kier molecular flexibility index (Phi) is 5.95. The van der Waals surface area contributed by atoms with E-state index in [1.807, 2.05) is 51.1 Å². The van der Waals surface area contributed by atoms with E-state index in [1.165, 1.54) is 16.5 Å². The van der Waals surface area contributed by atoms with Crippen LogP contribution in [-0.4, -0.2) is 21.5 Å². The van der Waals surface area contributed by atoms with Crippen molar-refractivity contribution in [2.45, 2.75) is 20.8 Å². The van der Waals surface area contributed by atoms with Crippen LogP contribution in [0.25, 0.3) is 11.8 Å². The van der Waals surface area contributed by atoms with Gasteiger partial charge in [-0.1, -0.05) is 40.9 Å². The van der Waals surface area contributed by atoms with Crippen molar-refractivity contribution in [1.29, 1.82) is 0 Å². The third kappa shape index (κ3) is 3.97. The first kappa shape index (κ1) is 22.3. The Morgan fingerprint density at radius 3 is 2.31 bits per heavy atom. The Balaban J connectivity index is 1.77. The van der Waals surface area contributed by atoms with E-state index in [9.17, 15) is 9.59 Å². The number of nitrogens with zero attached hydrogens (tertiary/aromatic N) is 2. The lowest BCUT2D eigenvalue weighted by atomic mass is 10.1. The van der Waals surface area contributed by atoms with Crippen molar-refractivity contribution in [3.05, 3.63) is 86.7 Å². The largest absolute Gasteiger partial charge is 0.318 e. The van der Waals surface area contributed by atoms with Gasteiger partial charge in [0.2, 0.25) is 0 Å². The van der Waals surface area contributed by atoms with Gasteiger partial charge < -0.3 is 4.57 Å². The van der Waals surface area contributed by atoms with Crippen molar-refractivity contribution in [2.75, 3.05) is 4.90 Å². The number of carbonyl (C=O) groups excluding carboxylic acids is 2. The van der Waals surface area contributed by atoms with Crippen LogP contribution in [0.1, 0.15) is 22.5 Å². The summed E-state index contributed by atoms with van der Waals surface area (Å²) in [6, 6.07) is 14.8. The van der Waals surface area contributed by atoms with Crippen molar-refractivity contribution >= 4 is 64.1 Å². The molecule has 0 bridgehead atoms. The molecule has 2 amide bonds. The minimum absolute atomic E-state index is 0.0335. The van der Waals surface area contributed by atoms with Gasteiger partial charge in [0.05, 0.1) is 10.7 Å². The lowest BCUT2D eigenvalue weighted by Gasteiger charge is -2.29. The van der Waals surface area contributed by atoms with E-state index in [0.29, 0.717) is 10.7 Å². The molecule has 1 aromatic heterocycles. The van der Waals surface area contributed by atoms with Gasteiger partial charge in [-0.05, 0) is 81.0 Å². The maximum Gasteiger partial charge on any atom is 0.270 e. The summed E-state index contributed by atoms with van der Waals surface area (Å²) < 4.78 is 2.08. The number of hydrogen-bond acceptors (Lipinski definition) is 3. The number of aryl methyl sites for hydroxylation is 2. The highest BCUT2D eigenvalue weighted by Gasteiger charge is 2.35. The highest BCUT2D eigenvalue weighted by Crippen LogP contribution is 2.32. The maximum atomic E-state index is 13.3. The quantitative estimate of drug-likeness (QED) is 0.302. The molecule has 2 heterocycles. The molecule has 0 unspecified atom stereocenters. The first-order valence-corrected chi connectivity index (χ1v) is 11.0. The normalized spacial score (nSPS) is 15.5. The molecule has 1 saturated heterocycles. The number of benzene rings is 2. The zero-order chi connectivity index (χ0) is 23.2. The molecule has 0 radical (unpaired) electrons. The Hall–Kier alpha value is -2.93. The van der Waals surface area contributed by atoms with Crippen LogP contribution < -0.4 is 10.2 Å². The molecular formula is C24H19Cl2N3O2S. The van der Waals surface area contributed by atoms with Gasteiger partial charge in [-0.3, -0.25) is 19.8 Å². The molecule has 5 nitrogen and oxygen atoms in total. The zero-order valence-corrected chi connectivity index (χ0v) is 19.9. The van der Waals surface area contributed by atoms with Crippen LogP contribution in [-0.2, 0) is 9.59 Å². The molecule has 0 aliphatic carbocycles. The molecule has 1 N–H and O–H groups in total. The Bertz CT molecular complexity index is 1310. The van der Waals surface area contributed by atoms with Crippen LogP contribution in [0.5, 0.6) is 0 Å². The van der Waals surface area contributed by atoms with Gasteiger partial charge >= 0.3 is 0 Å². The van der Waals surface area contributed by atoms with Crippen molar-refractivity contribution in [3.8, 4) is 5.69 Å². The summed E-state index contributed by atoms with van der Waals surface area (Å²) in [6.45, 7) is 5.96. The lowest BCUT2D eigenvalue weighted by molar-refractivity contribution is -0.122. The number of rotatable bonds is 3. The van der Waals surface area contributed by atoms with Gasteiger partial charge in [0, 0.05) is 22.1 Å². The van der Waals surface area contributed by atoms with Gasteiger partial charge in [0.1, 0.15) is 5.57 Å². The molecule has 1 aliphatic heterocycles. The van der Waals surface area contributed by atoms with Crippen LogP contribution in [0.3, 0.4) is 0 Å². The van der Waals surface area contributed by atoms with E-state index in [0.717, 1.165) is 22.6 Å². The second-order valence-electron chi connectivity index (χ2n) is 7.55. The predicted molar refractivity (Wildman–Crippen MR) is 133 cm³/mol. The van der Waals surface area contributed by atoms with Crippen LogP contribution in [0.4, 0.5) is 5.69 Å². The van der Waals surface area contributed by atoms with Gasteiger partial charge in [-0.25, -0.2) is 0 Å². The summed E-state index contributed by atoms with van der Waals surface area (Å²) in [5, 5.41) is 3.22. The number of nitrogens with one attached hydrogen (secondary N) is 1. The molecule has 0 spiro atoms. The second-order valence-corrected chi connectivity index (χ2v) is 8.78. The van der Waals surface area contributed by atoms with E-state index in [1.54, 1.807) is 18.2 Å². The van der Waals surface area contributed by atoms with Crippen molar-refractivity contribution in [2.24, 2.45) is 0 Å². The predicted octanol–water partition coefficient (Wildman–Crippen LogP) is 5.54. The Labute approximate surface area is 201 Å². The standard InChI is InChI=1S/C24H19Cl2N3O2S/c1-13-4-7-18(8-5-13)28-14(2)10-16(15(28)3)11-19-22(30)27-24(32)29(23(19)31)21-9-6-17(25)12-20(21)26/h4-12H,1-3H3,(H,27,30,32)/b19-11+. The monoisotopic (exact) mass is 483 g/mol. The number of anilines is 1. The van der Waals surface area contributed by atoms with Crippen molar-refractivity contribution in [1.82, 2.24) is 9.88 Å². The van der Waals surface area contributed by atoms with E-state index in [2.05, 4.69) is 9.88 Å². The molecule has 1 fully saturated rings. The molecule has 4 rings (SSSR count). The third-order valence-corrected chi connectivity index (χ3v) is 6.14. The minimum Gasteiger partial charge on any atom is -0.318 e. The number of thiocarbonyl (C=S) groups is 1. The fourth-order valence-electron chi connectivity index (χ4n) is 3.72. The number of aromatic nitrogens is 1.